The number of nitrogens with one attached hydrogen (secondary N) is 1. The van der Waals surface area contributed by atoms with E-state index in [0.717, 1.165) is 5.56 Å². The number of methoxy groups -OCH3 is 2. The monoisotopic (exact) mass is 326 g/mol. The molecule has 1 aromatic heterocycles. The Balaban J connectivity index is 2.50. The standard InChI is InChI=1S/C14H18N2O5S/c1-8-6-13(20-5)11(7-12(8)19-4)16-22(17,18)14-9(2)15-21-10(14)3/h6-7,16H,1-5H3. The van der Waals surface area contributed by atoms with E-state index in [1.54, 1.807) is 26.0 Å². The van der Waals surface area contributed by atoms with Gasteiger partial charge in [0.1, 0.15) is 17.2 Å². The fourth-order valence-electron chi connectivity index (χ4n) is 2.18. The molecule has 1 N–H and O–H groups in total. The van der Waals surface area contributed by atoms with E-state index in [4.69, 9.17) is 14.0 Å². The highest BCUT2D eigenvalue weighted by molar-refractivity contribution is 7.92. The molecule has 1 heterocycles. The lowest BCUT2D eigenvalue weighted by Gasteiger charge is -2.14. The molecule has 2 rings (SSSR count). The topological polar surface area (TPSA) is 90.7 Å². The smallest absolute Gasteiger partial charge is 0.267 e. The molecule has 0 saturated carbocycles. The Morgan fingerprint density at radius 1 is 1.09 bits per heavy atom. The summed E-state index contributed by atoms with van der Waals surface area (Å²) >= 11 is 0. The van der Waals surface area contributed by atoms with Gasteiger partial charge in [0.15, 0.2) is 10.7 Å². The number of nitrogens with zero attached hydrogens (tertiary/aromatic N) is 1. The van der Waals surface area contributed by atoms with Gasteiger partial charge in [-0.1, -0.05) is 5.16 Å². The van der Waals surface area contributed by atoms with E-state index in [2.05, 4.69) is 9.88 Å². The molecule has 0 saturated heterocycles. The first-order valence-corrected chi connectivity index (χ1v) is 7.96. The largest absolute Gasteiger partial charge is 0.496 e. The van der Waals surface area contributed by atoms with Gasteiger partial charge < -0.3 is 14.0 Å². The average molecular weight is 326 g/mol. The maximum absolute atomic E-state index is 12.5. The SMILES string of the molecule is COc1cc(NS(=O)(=O)c2c(C)noc2C)c(OC)cc1C. The highest BCUT2D eigenvalue weighted by Gasteiger charge is 2.25. The van der Waals surface area contributed by atoms with Gasteiger partial charge in [-0.15, -0.1) is 0 Å². The Hall–Kier alpha value is -2.22. The molecule has 0 aliphatic carbocycles. The Morgan fingerprint density at radius 2 is 1.73 bits per heavy atom. The van der Waals surface area contributed by atoms with Gasteiger partial charge in [0.2, 0.25) is 0 Å². The van der Waals surface area contributed by atoms with Crippen molar-refractivity contribution >= 4 is 15.7 Å². The van der Waals surface area contributed by atoms with Crippen LogP contribution >= 0.6 is 0 Å². The molecule has 0 amide bonds. The molecule has 8 heteroatoms. The van der Waals surface area contributed by atoms with Crippen molar-refractivity contribution in [3.05, 3.63) is 29.2 Å². The third-order valence-corrected chi connectivity index (χ3v) is 4.81. The van der Waals surface area contributed by atoms with Crippen molar-refractivity contribution in [1.82, 2.24) is 5.16 Å². The van der Waals surface area contributed by atoms with Gasteiger partial charge in [0, 0.05) is 6.07 Å². The third-order valence-electron chi connectivity index (χ3n) is 3.20. The third kappa shape index (κ3) is 2.87. The van der Waals surface area contributed by atoms with Crippen molar-refractivity contribution in [2.45, 2.75) is 25.7 Å². The molecule has 0 atom stereocenters. The van der Waals surface area contributed by atoms with Gasteiger partial charge in [-0.3, -0.25) is 4.72 Å². The van der Waals surface area contributed by atoms with Crippen LogP contribution in [0.5, 0.6) is 11.5 Å². The predicted octanol–water partition coefficient (Wildman–Crippen LogP) is 2.42. The zero-order valence-corrected chi connectivity index (χ0v) is 13.9. The van der Waals surface area contributed by atoms with Crippen LogP contribution in [0.4, 0.5) is 5.69 Å². The number of hydrogen-bond donors (Lipinski definition) is 1. The van der Waals surface area contributed by atoms with Crippen LogP contribution < -0.4 is 14.2 Å². The van der Waals surface area contributed by atoms with Crippen molar-refractivity contribution < 1.29 is 22.4 Å². The Bertz CT molecular complexity index is 776. The fourth-order valence-corrected chi connectivity index (χ4v) is 3.58. The molecule has 0 aliphatic rings. The van der Waals surface area contributed by atoms with Gasteiger partial charge in [-0.25, -0.2) is 8.42 Å². The zero-order chi connectivity index (χ0) is 16.5. The highest BCUT2D eigenvalue weighted by atomic mass is 32.2. The van der Waals surface area contributed by atoms with Crippen LogP contribution in [-0.4, -0.2) is 27.8 Å². The normalized spacial score (nSPS) is 11.3. The summed E-state index contributed by atoms with van der Waals surface area (Å²) < 4.78 is 42.9. The Labute approximate surface area is 129 Å². The summed E-state index contributed by atoms with van der Waals surface area (Å²) in [5.74, 6) is 1.17. The molecule has 0 radical (unpaired) electrons. The molecule has 0 fully saturated rings. The van der Waals surface area contributed by atoms with E-state index in [-0.39, 0.29) is 16.3 Å². The van der Waals surface area contributed by atoms with Crippen LogP contribution in [0, 0.1) is 20.8 Å². The number of hydrogen-bond acceptors (Lipinski definition) is 6. The first-order valence-electron chi connectivity index (χ1n) is 6.48. The minimum Gasteiger partial charge on any atom is -0.496 e. The van der Waals surface area contributed by atoms with Gasteiger partial charge in [0.25, 0.3) is 10.0 Å². The number of ether oxygens (including phenoxy) is 2. The molecule has 120 valence electrons. The maximum atomic E-state index is 12.5. The van der Waals surface area contributed by atoms with E-state index in [1.807, 2.05) is 6.92 Å². The number of rotatable bonds is 5. The van der Waals surface area contributed by atoms with E-state index >= 15 is 0 Å². The Morgan fingerprint density at radius 3 is 2.23 bits per heavy atom. The van der Waals surface area contributed by atoms with Crippen molar-refractivity contribution in [2.75, 3.05) is 18.9 Å². The summed E-state index contributed by atoms with van der Waals surface area (Å²) in [7, 11) is -0.861. The molecular weight excluding hydrogens is 308 g/mol. The van der Waals surface area contributed by atoms with Crippen LogP contribution in [0.15, 0.2) is 21.6 Å². The van der Waals surface area contributed by atoms with Crippen molar-refractivity contribution in [2.24, 2.45) is 0 Å². The summed E-state index contributed by atoms with van der Waals surface area (Å²) in [5, 5.41) is 3.66. The molecule has 7 nitrogen and oxygen atoms in total. The van der Waals surface area contributed by atoms with Gasteiger partial charge in [-0.05, 0) is 32.4 Å². The molecule has 0 bridgehead atoms. The number of sulfonamides is 1. The van der Waals surface area contributed by atoms with E-state index < -0.39 is 10.0 Å². The van der Waals surface area contributed by atoms with E-state index in [0.29, 0.717) is 17.2 Å². The van der Waals surface area contributed by atoms with Crippen LogP contribution in [0.25, 0.3) is 0 Å². The first kappa shape index (κ1) is 16.2. The quantitative estimate of drug-likeness (QED) is 0.907. The molecule has 0 aliphatic heterocycles. The maximum Gasteiger partial charge on any atom is 0.267 e. The second-order valence-corrected chi connectivity index (χ2v) is 6.40. The number of aryl methyl sites for hydroxylation is 3. The summed E-state index contributed by atoms with van der Waals surface area (Å²) in [6, 6.07) is 3.27. The van der Waals surface area contributed by atoms with Crippen LogP contribution in [0.2, 0.25) is 0 Å². The van der Waals surface area contributed by atoms with E-state index in [1.165, 1.54) is 14.2 Å². The Kier molecular flexibility index (Phi) is 4.32. The number of anilines is 1. The minimum absolute atomic E-state index is 0.0223. The summed E-state index contributed by atoms with van der Waals surface area (Å²) in [6.07, 6.45) is 0. The second-order valence-electron chi connectivity index (χ2n) is 4.78. The summed E-state index contributed by atoms with van der Waals surface area (Å²) in [6.45, 7) is 4.95. The lowest BCUT2D eigenvalue weighted by atomic mass is 10.2. The molecule has 22 heavy (non-hydrogen) atoms. The zero-order valence-electron chi connectivity index (χ0n) is 13.1. The van der Waals surface area contributed by atoms with Crippen LogP contribution in [0.1, 0.15) is 17.0 Å². The first-order chi connectivity index (χ1) is 10.3. The predicted molar refractivity (Wildman–Crippen MR) is 81.1 cm³/mol. The number of benzene rings is 1. The van der Waals surface area contributed by atoms with Gasteiger partial charge >= 0.3 is 0 Å². The van der Waals surface area contributed by atoms with Gasteiger partial charge in [0.05, 0.1) is 19.9 Å². The minimum atomic E-state index is -3.84. The van der Waals surface area contributed by atoms with E-state index in [9.17, 15) is 8.42 Å². The van der Waals surface area contributed by atoms with Crippen molar-refractivity contribution in [3.63, 3.8) is 0 Å². The summed E-state index contributed by atoms with van der Waals surface area (Å²) in [4.78, 5) is 0.0223. The summed E-state index contributed by atoms with van der Waals surface area (Å²) in [5.41, 5.74) is 1.41. The molecule has 1 aromatic carbocycles. The second kappa shape index (κ2) is 5.88. The average Bonchev–Trinajstić information content (AvgIpc) is 2.80. The van der Waals surface area contributed by atoms with Crippen LogP contribution in [0.3, 0.4) is 0 Å². The highest BCUT2D eigenvalue weighted by Crippen LogP contribution is 2.34. The molecule has 2 aromatic rings. The molecule has 0 spiro atoms. The van der Waals surface area contributed by atoms with Gasteiger partial charge in [-0.2, -0.15) is 0 Å². The molecular formula is C14H18N2O5S. The molecule has 0 unspecified atom stereocenters. The number of aromatic nitrogens is 1. The van der Waals surface area contributed by atoms with Crippen molar-refractivity contribution in [1.29, 1.82) is 0 Å². The van der Waals surface area contributed by atoms with Crippen LogP contribution in [-0.2, 0) is 10.0 Å². The fraction of sp³-hybridized carbons (Fsp3) is 0.357. The lowest BCUT2D eigenvalue weighted by molar-refractivity contribution is 0.390. The lowest BCUT2D eigenvalue weighted by Crippen LogP contribution is -2.15. The van der Waals surface area contributed by atoms with Crippen molar-refractivity contribution in [3.8, 4) is 11.5 Å².